The molecule has 0 saturated carbocycles. The second-order valence-corrected chi connectivity index (χ2v) is 6.82. The van der Waals surface area contributed by atoms with Crippen molar-refractivity contribution in [3.8, 4) is 5.75 Å². The Morgan fingerprint density at radius 3 is 1.83 bits per heavy atom. The lowest BCUT2D eigenvalue weighted by atomic mass is 9.98. The minimum Gasteiger partial charge on any atom is -0.481 e. The maximum atomic E-state index is 12.8. The average molecular weight is 387 g/mol. The van der Waals surface area contributed by atoms with Crippen LogP contribution in [0.5, 0.6) is 5.75 Å². The summed E-state index contributed by atoms with van der Waals surface area (Å²) in [7, 11) is 0. The third kappa shape index (κ3) is 5.32. The van der Waals surface area contributed by atoms with Gasteiger partial charge < -0.3 is 10.1 Å². The number of carbonyl (C=O) groups is 2. The van der Waals surface area contributed by atoms with Gasteiger partial charge in [0.1, 0.15) is 5.75 Å². The lowest BCUT2D eigenvalue weighted by Gasteiger charge is -2.22. The molecule has 0 aromatic heterocycles. The van der Waals surface area contributed by atoms with Gasteiger partial charge in [-0.05, 0) is 42.3 Å². The number of amides is 1. The molecule has 1 N–H and O–H groups in total. The summed E-state index contributed by atoms with van der Waals surface area (Å²) in [6.07, 6.45) is -0.225. The van der Waals surface area contributed by atoms with Crippen LogP contribution in [0, 0.1) is 0 Å². The van der Waals surface area contributed by atoms with Crippen LogP contribution in [0.4, 0.5) is 0 Å². The first-order chi connectivity index (χ1) is 14.1. The Kier molecular flexibility index (Phi) is 6.80. The van der Waals surface area contributed by atoms with Gasteiger partial charge in [-0.2, -0.15) is 0 Å². The first kappa shape index (κ1) is 20.3. The first-order valence-electron chi connectivity index (χ1n) is 9.78. The fourth-order valence-electron chi connectivity index (χ4n) is 3.09. The Balaban J connectivity index is 1.71. The number of rotatable bonds is 8. The molecule has 3 aromatic rings. The van der Waals surface area contributed by atoms with E-state index in [2.05, 4.69) is 5.32 Å². The second kappa shape index (κ2) is 9.69. The van der Waals surface area contributed by atoms with Crippen LogP contribution < -0.4 is 10.1 Å². The van der Waals surface area contributed by atoms with Gasteiger partial charge in [0.25, 0.3) is 5.91 Å². The summed E-state index contributed by atoms with van der Waals surface area (Å²) < 4.78 is 5.79. The van der Waals surface area contributed by atoms with Crippen LogP contribution in [0.2, 0.25) is 0 Å². The standard InChI is InChI=1S/C25H25NO3/c1-3-23(27)19-14-16-22(17-15-19)29-18(2)25(28)26-24(20-10-6-4-7-11-20)21-12-8-5-9-13-21/h4-18,24H,3H2,1-2H3,(H,26,28)/t18-/m1/s1. The molecule has 29 heavy (non-hydrogen) atoms. The minimum atomic E-state index is -0.683. The molecule has 0 saturated heterocycles. The van der Waals surface area contributed by atoms with Gasteiger partial charge in [-0.15, -0.1) is 0 Å². The zero-order valence-electron chi connectivity index (χ0n) is 16.7. The maximum Gasteiger partial charge on any atom is 0.261 e. The molecular formula is C25H25NO3. The lowest BCUT2D eigenvalue weighted by molar-refractivity contribution is -0.127. The SMILES string of the molecule is CCC(=O)c1ccc(O[C@H](C)C(=O)NC(c2ccccc2)c2ccccc2)cc1. The van der Waals surface area contributed by atoms with Crippen molar-refractivity contribution in [3.05, 3.63) is 102 Å². The van der Waals surface area contributed by atoms with E-state index in [1.54, 1.807) is 31.2 Å². The highest BCUT2D eigenvalue weighted by molar-refractivity contribution is 5.95. The number of ether oxygens (including phenoxy) is 1. The van der Waals surface area contributed by atoms with Crippen molar-refractivity contribution < 1.29 is 14.3 Å². The molecule has 3 aromatic carbocycles. The Hall–Kier alpha value is -3.40. The third-order valence-electron chi connectivity index (χ3n) is 4.73. The summed E-state index contributed by atoms with van der Waals surface area (Å²) in [6, 6.07) is 26.3. The van der Waals surface area contributed by atoms with E-state index >= 15 is 0 Å². The van der Waals surface area contributed by atoms with Crippen molar-refractivity contribution >= 4 is 11.7 Å². The molecule has 3 rings (SSSR count). The van der Waals surface area contributed by atoms with E-state index in [0.717, 1.165) is 11.1 Å². The minimum absolute atomic E-state index is 0.0795. The summed E-state index contributed by atoms with van der Waals surface area (Å²) in [5.41, 5.74) is 2.65. The highest BCUT2D eigenvalue weighted by atomic mass is 16.5. The molecule has 0 aliphatic carbocycles. The van der Waals surface area contributed by atoms with Gasteiger partial charge in [-0.25, -0.2) is 0 Å². The number of Topliss-reactive ketones (excluding diaryl/α,β-unsaturated/α-hetero) is 1. The predicted molar refractivity (Wildman–Crippen MR) is 114 cm³/mol. The van der Waals surface area contributed by atoms with Crippen molar-refractivity contribution in [1.82, 2.24) is 5.32 Å². The van der Waals surface area contributed by atoms with E-state index in [1.807, 2.05) is 67.6 Å². The number of hydrogen-bond acceptors (Lipinski definition) is 3. The smallest absolute Gasteiger partial charge is 0.261 e. The Morgan fingerprint density at radius 2 is 1.34 bits per heavy atom. The summed E-state index contributed by atoms with van der Waals surface area (Å²) in [4.78, 5) is 24.6. The molecular weight excluding hydrogens is 362 g/mol. The molecule has 0 aliphatic heterocycles. The molecule has 4 nitrogen and oxygen atoms in total. The van der Waals surface area contributed by atoms with E-state index in [1.165, 1.54) is 0 Å². The molecule has 0 unspecified atom stereocenters. The van der Waals surface area contributed by atoms with Gasteiger partial charge in [0.2, 0.25) is 0 Å². The van der Waals surface area contributed by atoms with Crippen LogP contribution in [0.3, 0.4) is 0 Å². The Labute approximate surface area is 171 Å². The third-order valence-corrected chi connectivity index (χ3v) is 4.73. The van der Waals surface area contributed by atoms with E-state index in [-0.39, 0.29) is 17.7 Å². The fourth-order valence-corrected chi connectivity index (χ4v) is 3.09. The molecule has 148 valence electrons. The lowest BCUT2D eigenvalue weighted by Crippen LogP contribution is -2.39. The highest BCUT2D eigenvalue weighted by Gasteiger charge is 2.21. The van der Waals surface area contributed by atoms with Crippen molar-refractivity contribution in [2.45, 2.75) is 32.4 Å². The van der Waals surface area contributed by atoms with E-state index in [0.29, 0.717) is 17.7 Å². The monoisotopic (exact) mass is 387 g/mol. The number of benzene rings is 3. The second-order valence-electron chi connectivity index (χ2n) is 6.82. The molecule has 0 fully saturated rings. The van der Waals surface area contributed by atoms with Gasteiger partial charge in [0.15, 0.2) is 11.9 Å². The normalized spacial score (nSPS) is 11.7. The van der Waals surface area contributed by atoms with Crippen molar-refractivity contribution in [2.75, 3.05) is 0 Å². The van der Waals surface area contributed by atoms with Gasteiger partial charge in [-0.1, -0.05) is 67.6 Å². The quantitative estimate of drug-likeness (QED) is 0.556. The number of hydrogen-bond donors (Lipinski definition) is 1. The molecule has 0 spiro atoms. The number of nitrogens with one attached hydrogen (secondary N) is 1. The Bertz CT molecular complexity index is 897. The average Bonchev–Trinajstić information content (AvgIpc) is 2.78. The Morgan fingerprint density at radius 1 is 0.828 bits per heavy atom. The molecule has 1 amide bonds. The van der Waals surface area contributed by atoms with Crippen LogP contribution in [-0.4, -0.2) is 17.8 Å². The first-order valence-corrected chi connectivity index (χ1v) is 9.78. The van der Waals surface area contributed by atoms with Crippen LogP contribution in [-0.2, 0) is 4.79 Å². The molecule has 0 heterocycles. The fraction of sp³-hybridized carbons (Fsp3) is 0.200. The number of ketones is 1. The van der Waals surface area contributed by atoms with Crippen LogP contribution in [0.15, 0.2) is 84.9 Å². The topological polar surface area (TPSA) is 55.4 Å². The van der Waals surface area contributed by atoms with Crippen molar-refractivity contribution in [1.29, 1.82) is 0 Å². The molecule has 0 bridgehead atoms. The zero-order valence-corrected chi connectivity index (χ0v) is 16.7. The predicted octanol–water partition coefficient (Wildman–Crippen LogP) is 4.95. The van der Waals surface area contributed by atoms with E-state index in [4.69, 9.17) is 4.74 Å². The van der Waals surface area contributed by atoms with Crippen molar-refractivity contribution in [2.24, 2.45) is 0 Å². The van der Waals surface area contributed by atoms with Crippen LogP contribution in [0.25, 0.3) is 0 Å². The molecule has 0 aliphatic rings. The van der Waals surface area contributed by atoms with E-state index < -0.39 is 6.10 Å². The maximum absolute atomic E-state index is 12.8. The number of carbonyl (C=O) groups excluding carboxylic acids is 2. The van der Waals surface area contributed by atoms with Gasteiger partial charge >= 0.3 is 0 Å². The van der Waals surface area contributed by atoms with Gasteiger partial charge in [-0.3, -0.25) is 9.59 Å². The molecule has 4 heteroatoms. The van der Waals surface area contributed by atoms with E-state index in [9.17, 15) is 9.59 Å². The zero-order chi connectivity index (χ0) is 20.6. The van der Waals surface area contributed by atoms with Crippen LogP contribution in [0.1, 0.15) is 47.8 Å². The summed E-state index contributed by atoms with van der Waals surface area (Å²) in [5.74, 6) is 0.420. The summed E-state index contributed by atoms with van der Waals surface area (Å²) >= 11 is 0. The van der Waals surface area contributed by atoms with Gasteiger partial charge in [0, 0.05) is 12.0 Å². The molecule has 0 radical (unpaired) electrons. The van der Waals surface area contributed by atoms with Crippen LogP contribution >= 0.6 is 0 Å². The molecule has 1 atom stereocenters. The summed E-state index contributed by atoms with van der Waals surface area (Å²) in [6.45, 7) is 3.54. The van der Waals surface area contributed by atoms with Crippen molar-refractivity contribution in [3.63, 3.8) is 0 Å². The largest absolute Gasteiger partial charge is 0.481 e. The summed E-state index contributed by atoms with van der Waals surface area (Å²) in [5, 5.41) is 3.09. The van der Waals surface area contributed by atoms with Gasteiger partial charge in [0.05, 0.1) is 6.04 Å². The highest BCUT2D eigenvalue weighted by Crippen LogP contribution is 2.22.